The van der Waals surface area contributed by atoms with E-state index < -0.39 is 26.5 Å². The number of hydrogen-bond donors (Lipinski definition) is 2. The van der Waals surface area contributed by atoms with Crippen LogP contribution in [0.4, 0.5) is 8.78 Å². The molecule has 2 aromatic carbocycles. The number of carbonyl (C=O) groups excluding carboxylic acids is 1. The molecule has 0 aromatic heterocycles. The highest BCUT2D eigenvalue weighted by molar-refractivity contribution is 7.91. The van der Waals surface area contributed by atoms with Crippen LogP contribution in [0.3, 0.4) is 0 Å². The van der Waals surface area contributed by atoms with Gasteiger partial charge in [-0.05, 0) is 78.5 Å². The molecule has 0 radical (unpaired) electrons. The largest absolute Gasteiger partial charge is 0.508 e. The minimum absolute atomic E-state index is 0.126. The first-order valence-electron chi connectivity index (χ1n) is 9.18. The molecule has 1 unspecified atom stereocenters. The van der Waals surface area contributed by atoms with E-state index in [0.29, 0.717) is 36.8 Å². The molecular weight excluding hydrogens is 386 g/mol. The molecule has 2 aliphatic rings. The zero-order valence-electron chi connectivity index (χ0n) is 15.1. The second kappa shape index (κ2) is 6.93. The Morgan fingerprint density at radius 3 is 2.21 bits per heavy atom. The lowest BCUT2D eigenvalue weighted by Crippen LogP contribution is -2.18. The Labute approximate surface area is 161 Å². The summed E-state index contributed by atoms with van der Waals surface area (Å²) in [5, 5.41) is 14.9. The Kier molecular flexibility index (Phi) is 4.71. The van der Waals surface area contributed by atoms with E-state index in [2.05, 4.69) is 4.36 Å². The number of rotatable bonds is 3. The Bertz CT molecular complexity index is 1090. The van der Waals surface area contributed by atoms with E-state index in [1.165, 1.54) is 0 Å². The number of halogens is 2. The fraction of sp³-hybridized carbons (Fsp3) is 0.350. The van der Waals surface area contributed by atoms with Crippen molar-refractivity contribution >= 4 is 15.8 Å². The lowest BCUT2D eigenvalue weighted by Gasteiger charge is -2.15. The number of phenolic OH excluding ortho intramolecular Hbond substituents is 1. The number of hydrogen-bond acceptors (Lipinski definition) is 3. The molecule has 4 rings (SSSR count). The highest BCUT2D eigenvalue weighted by Gasteiger charge is 2.29. The minimum Gasteiger partial charge on any atom is -0.508 e. The van der Waals surface area contributed by atoms with Gasteiger partial charge in [-0.1, -0.05) is 0 Å². The molecule has 0 bridgehead atoms. The number of nitrogens with two attached hydrogens (primary N) is 1. The first-order chi connectivity index (χ1) is 13.3. The molecular formula is C20H20F2N2O3S. The lowest BCUT2D eigenvalue weighted by molar-refractivity contribution is -0.117. The van der Waals surface area contributed by atoms with Crippen molar-refractivity contribution in [3.05, 3.63) is 57.7 Å². The zero-order chi connectivity index (χ0) is 20.1. The van der Waals surface area contributed by atoms with Crippen LogP contribution in [-0.2, 0) is 46.8 Å². The second-order valence-electron chi connectivity index (χ2n) is 7.26. The van der Waals surface area contributed by atoms with Gasteiger partial charge >= 0.3 is 0 Å². The molecule has 0 saturated heterocycles. The standard InChI is InChI=1S/C20H20F2N2O3S/c21-17-9-11(25)7-8-18(17)28(23,27)24-19(26)10-16-12-3-1-5-14(12)20(22)15-6-2-4-13(15)16/h7-9,25H,1-6,10H2,(H2,23,24,26,27). The van der Waals surface area contributed by atoms with Gasteiger partial charge in [-0.15, -0.1) is 4.36 Å². The average Bonchev–Trinajstić information content (AvgIpc) is 3.27. The molecule has 2 aromatic rings. The van der Waals surface area contributed by atoms with Gasteiger partial charge in [0.15, 0.2) is 0 Å². The fourth-order valence-corrected chi connectivity index (χ4v) is 5.39. The van der Waals surface area contributed by atoms with Crippen molar-refractivity contribution in [2.45, 2.75) is 49.8 Å². The molecule has 0 fully saturated rings. The van der Waals surface area contributed by atoms with Crippen LogP contribution in [0.15, 0.2) is 27.5 Å². The number of nitrogens with zero attached hydrogens (tertiary/aromatic N) is 1. The summed E-state index contributed by atoms with van der Waals surface area (Å²) in [6, 6.07) is 2.95. The second-order valence-corrected chi connectivity index (χ2v) is 9.02. The summed E-state index contributed by atoms with van der Waals surface area (Å²) in [6.07, 6.45) is 4.25. The number of phenols is 1. The van der Waals surface area contributed by atoms with Gasteiger partial charge in [-0.3, -0.25) is 4.79 Å². The molecule has 0 spiro atoms. The molecule has 5 nitrogen and oxygen atoms in total. The van der Waals surface area contributed by atoms with Crippen molar-refractivity contribution in [2.24, 2.45) is 9.50 Å². The van der Waals surface area contributed by atoms with Crippen molar-refractivity contribution in [1.82, 2.24) is 0 Å². The first kappa shape index (κ1) is 19.0. The van der Waals surface area contributed by atoms with Crippen molar-refractivity contribution in [2.75, 3.05) is 0 Å². The normalized spacial score (nSPS) is 17.1. The number of amides is 1. The van der Waals surface area contributed by atoms with Gasteiger partial charge in [0.05, 0.1) is 11.3 Å². The molecule has 28 heavy (non-hydrogen) atoms. The van der Waals surface area contributed by atoms with Gasteiger partial charge in [-0.2, -0.15) is 0 Å². The van der Waals surface area contributed by atoms with Crippen LogP contribution in [0.5, 0.6) is 5.75 Å². The summed E-state index contributed by atoms with van der Waals surface area (Å²) in [5.74, 6) is -2.20. The Balaban J connectivity index is 1.72. The van der Waals surface area contributed by atoms with Crippen LogP contribution in [-0.4, -0.2) is 15.2 Å². The van der Waals surface area contributed by atoms with E-state index in [1.807, 2.05) is 0 Å². The van der Waals surface area contributed by atoms with Gasteiger partial charge < -0.3 is 5.11 Å². The number of aromatic hydroxyl groups is 1. The van der Waals surface area contributed by atoms with Gasteiger partial charge in [0, 0.05) is 6.07 Å². The monoisotopic (exact) mass is 406 g/mol. The summed E-state index contributed by atoms with van der Waals surface area (Å²) in [4.78, 5) is 12.1. The molecule has 0 heterocycles. The van der Waals surface area contributed by atoms with Gasteiger partial charge in [-0.25, -0.2) is 18.1 Å². The molecule has 0 aliphatic heterocycles. The molecule has 3 N–H and O–H groups in total. The third-order valence-corrected chi connectivity index (χ3v) is 6.93. The summed E-state index contributed by atoms with van der Waals surface area (Å²) < 4.78 is 45.0. The predicted octanol–water partition coefficient (Wildman–Crippen LogP) is 3.12. The van der Waals surface area contributed by atoms with Crippen molar-refractivity contribution in [3.63, 3.8) is 0 Å². The van der Waals surface area contributed by atoms with E-state index in [0.717, 1.165) is 47.7 Å². The SMILES string of the molecule is NS(=O)(=NC(=O)Cc1c2c(c(F)c3c1CCC3)CCC2)c1ccc(O)cc1F. The summed E-state index contributed by atoms with van der Waals surface area (Å²) >= 11 is 0. The summed E-state index contributed by atoms with van der Waals surface area (Å²) in [6.45, 7) is 0. The average molecular weight is 406 g/mol. The summed E-state index contributed by atoms with van der Waals surface area (Å²) in [7, 11) is -3.80. The predicted molar refractivity (Wildman–Crippen MR) is 100 cm³/mol. The van der Waals surface area contributed by atoms with Crippen molar-refractivity contribution in [1.29, 1.82) is 0 Å². The topological polar surface area (TPSA) is 92.8 Å². The maximum absolute atomic E-state index is 14.7. The molecule has 8 heteroatoms. The third kappa shape index (κ3) is 3.20. The zero-order valence-corrected chi connectivity index (χ0v) is 16.0. The maximum Gasteiger partial charge on any atom is 0.259 e. The first-order valence-corrected chi connectivity index (χ1v) is 10.8. The third-order valence-electron chi connectivity index (χ3n) is 5.49. The molecule has 148 valence electrons. The summed E-state index contributed by atoms with van der Waals surface area (Å²) in [5.41, 5.74) is 3.86. The van der Waals surface area contributed by atoms with Crippen LogP contribution in [0.2, 0.25) is 0 Å². The van der Waals surface area contributed by atoms with Gasteiger partial charge in [0.1, 0.15) is 27.3 Å². The molecule has 2 aliphatic carbocycles. The lowest BCUT2D eigenvalue weighted by atomic mass is 9.91. The quantitative estimate of drug-likeness (QED) is 0.820. The molecule has 0 saturated carbocycles. The Morgan fingerprint density at radius 1 is 1.07 bits per heavy atom. The number of benzene rings is 2. The Morgan fingerprint density at radius 2 is 1.64 bits per heavy atom. The van der Waals surface area contributed by atoms with E-state index >= 15 is 0 Å². The van der Waals surface area contributed by atoms with Crippen LogP contribution in [0.25, 0.3) is 0 Å². The van der Waals surface area contributed by atoms with Crippen LogP contribution in [0.1, 0.15) is 40.7 Å². The van der Waals surface area contributed by atoms with E-state index in [-0.39, 0.29) is 18.0 Å². The Hall–Kier alpha value is -2.32. The number of carbonyl (C=O) groups is 1. The van der Waals surface area contributed by atoms with E-state index in [1.54, 1.807) is 0 Å². The van der Waals surface area contributed by atoms with Crippen LogP contribution in [0, 0.1) is 11.6 Å². The van der Waals surface area contributed by atoms with Gasteiger partial charge in [0.2, 0.25) is 0 Å². The van der Waals surface area contributed by atoms with Crippen LogP contribution < -0.4 is 5.14 Å². The smallest absolute Gasteiger partial charge is 0.259 e. The maximum atomic E-state index is 14.7. The van der Waals surface area contributed by atoms with Crippen molar-refractivity contribution in [3.8, 4) is 5.75 Å². The van der Waals surface area contributed by atoms with E-state index in [9.17, 15) is 22.9 Å². The molecule has 1 amide bonds. The van der Waals surface area contributed by atoms with Gasteiger partial charge in [0.25, 0.3) is 5.91 Å². The van der Waals surface area contributed by atoms with E-state index in [4.69, 9.17) is 5.14 Å². The highest BCUT2D eigenvalue weighted by Crippen LogP contribution is 2.38. The fourth-order valence-electron chi connectivity index (χ4n) is 4.33. The minimum atomic E-state index is -3.80. The number of fused-ring (bicyclic) bond motifs is 2. The van der Waals surface area contributed by atoms with Crippen molar-refractivity contribution < 1.29 is 22.9 Å². The van der Waals surface area contributed by atoms with Crippen LogP contribution >= 0.6 is 0 Å². The highest BCUT2D eigenvalue weighted by atomic mass is 32.2. The molecule has 1 atom stereocenters.